The fourth-order valence-electron chi connectivity index (χ4n) is 3.16. The highest BCUT2D eigenvalue weighted by Crippen LogP contribution is 2.35. The Morgan fingerprint density at radius 3 is 2.50 bits per heavy atom. The first-order chi connectivity index (χ1) is 9.81. The van der Waals surface area contributed by atoms with Crippen LogP contribution in [0.1, 0.15) is 76.2 Å². The molecule has 0 saturated carbocycles. The molecule has 1 aromatic rings. The van der Waals surface area contributed by atoms with Gasteiger partial charge in [0, 0.05) is 18.2 Å². The molecule has 0 radical (unpaired) electrons. The molecule has 0 saturated heterocycles. The molecular weight excluding hydrogens is 249 g/mol. The second kappa shape index (κ2) is 8.28. The van der Waals surface area contributed by atoms with Gasteiger partial charge in [-0.05, 0) is 30.2 Å². The zero-order chi connectivity index (χ0) is 14.2. The number of halogens is 1. The molecule has 0 amide bonds. The zero-order valence-electron chi connectivity index (χ0n) is 12.8. The fraction of sp³-hybridized carbons (Fsp3) is 0.667. The van der Waals surface area contributed by atoms with Gasteiger partial charge in [0.1, 0.15) is 5.82 Å². The van der Waals surface area contributed by atoms with Crippen LogP contribution in [0, 0.1) is 5.82 Å². The summed E-state index contributed by atoms with van der Waals surface area (Å²) in [5, 5.41) is 3.39. The van der Waals surface area contributed by atoms with E-state index in [2.05, 4.69) is 12.2 Å². The third-order valence-electron chi connectivity index (χ3n) is 4.40. The van der Waals surface area contributed by atoms with Crippen molar-refractivity contribution in [1.82, 2.24) is 0 Å². The summed E-state index contributed by atoms with van der Waals surface area (Å²) in [6.07, 6.45) is 12.0. The quantitative estimate of drug-likeness (QED) is 0.557. The zero-order valence-corrected chi connectivity index (χ0v) is 12.8. The fourth-order valence-corrected chi connectivity index (χ4v) is 3.16. The van der Waals surface area contributed by atoms with Gasteiger partial charge in [-0.2, -0.15) is 0 Å². The molecule has 0 bridgehead atoms. The van der Waals surface area contributed by atoms with E-state index in [1.165, 1.54) is 63.4 Å². The summed E-state index contributed by atoms with van der Waals surface area (Å²) in [5.74, 6) is 0.411. The van der Waals surface area contributed by atoms with Crippen LogP contribution in [0.5, 0.6) is 0 Å². The highest BCUT2D eigenvalue weighted by molar-refractivity contribution is 5.57. The van der Waals surface area contributed by atoms with E-state index in [-0.39, 0.29) is 5.82 Å². The highest BCUT2D eigenvalue weighted by Gasteiger charge is 2.21. The molecule has 1 N–H and O–H groups in total. The average molecular weight is 277 g/mol. The minimum absolute atomic E-state index is 0.103. The highest BCUT2D eigenvalue weighted by atomic mass is 19.1. The van der Waals surface area contributed by atoms with E-state index in [0.717, 1.165) is 12.2 Å². The third kappa shape index (κ3) is 4.50. The Morgan fingerprint density at radius 1 is 1.05 bits per heavy atom. The number of fused-ring (bicyclic) bond motifs is 1. The van der Waals surface area contributed by atoms with Gasteiger partial charge in [0.15, 0.2) is 0 Å². The minimum atomic E-state index is -0.103. The molecule has 1 atom stereocenters. The summed E-state index contributed by atoms with van der Waals surface area (Å²) in [6.45, 7) is 3.24. The molecule has 2 rings (SSSR count). The van der Waals surface area contributed by atoms with Crippen molar-refractivity contribution in [3.8, 4) is 0 Å². The molecule has 1 aromatic carbocycles. The van der Waals surface area contributed by atoms with Crippen LogP contribution in [0.4, 0.5) is 10.1 Å². The largest absolute Gasteiger partial charge is 0.384 e. The molecule has 1 unspecified atom stereocenters. The van der Waals surface area contributed by atoms with E-state index < -0.39 is 0 Å². The number of rotatable bonds is 9. The first kappa shape index (κ1) is 15.3. The molecule has 112 valence electrons. The van der Waals surface area contributed by atoms with Gasteiger partial charge in [-0.1, -0.05) is 58.3 Å². The lowest BCUT2D eigenvalue weighted by Gasteiger charge is -2.10. The Kier molecular flexibility index (Phi) is 6.35. The summed E-state index contributed by atoms with van der Waals surface area (Å²) >= 11 is 0. The van der Waals surface area contributed by atoms with E-state index in [0.29, 0.717) is 5.92 Å². The molecule has 1 aliphatic rings. The van der Waals surface area contributed by atoms with Crippen molar-refractivity contribution in [2.45, 2.75) is 70.6 Å². The molecule has 1 heterocycles. The number of hydrogen-bond acceptors (Lipinski definition) is 1. The number of nitrogens with one attached hydrogen (secondary N) is 1. The van der Waals surface area contributed by atoms with Crippen LogP contribution in [0.2, 0.25) is 0 Å². The Morgan fingerprint density at radius 2 is 1.75 bits per heavy atom. The van der Waals surface area contributed by atoms with Crippen molar-refractivity contribution < 1.29 is 4.39 Å². The third-order valence-corrected chi connectivity index (χ3v) is 4.40. The van der Waals surface area contributed by atoms with Crippen LogP contribution in [-0.4, -0.2) is 6.54 Å². The minimum Gasteiger partial charge on any atom is -0.384 e. The Balaban J connectivity index is 1.61. The molecular formula is C18H28FN. The first-order valence-electron chi connectivity index (χ1n) is 8.34. The second-order valence-corrected chi connectivity index (χ2v) is 6.07. The maximum atomic E-state index is 13.3. The number of hydrogen-bond donors (Lipinski definition) is 1. The van der Waals surface area contributed by atoms with Crippen molar-refractivity contribution in [2.75, 3.05) is 11.9 Å². The van der Waals surface area contributed by atoms with Crippen LogP contribution < -0.4 is 5.32 Å². The molecule has 20 heavy (non-hydrogen) atoms. The van der Waals surface area contributed by atoms with Crippen LogP contribution in [0.15, 0.2) is 18.2 Å². The molecule has 0 fully saturated rings. The number of anilines is 1. The topological polar surface area (TPSA) is 12.0 Å². The maximum absolute atomic E-state index is 13.3. The molecule has 0 aromatic heterocycles. The van der Waals surface area contributed by atoms with E-state index in [4.69, 9.17) is 0 Å². The van der Waals surface area contributed by atoms with Gasteiger partial charge in [-0.15, -0.1) is 0 Å². The maximum Gasteiger partial charge on any atom is 0.123 e. The number of unbranched alkanes of at least 4 members (excludes halogenated alkanes) is 7. The Bertz CT molecular complexity index is 402. The van der Waals surface area contributed by atoms with Crippen molar-refractivity contribution in [2.24, 2.45) is 0 Å². The smallest absolute Gasteiger partial charge is 0.123 e. The van der Waals surface area contributed by atoms with Crippen LogP contribution in [0.3, 0.4) is 0 Å². The van der Waals surface area contributed by atoms with Crippen LogP contribution >= 0.6 is 0 Å². The van der Waals surface area contributed by atoms with E-state index in [1.54, 1.807) is 12.1 Å². The van der Waals surface area contributed by atoms with Gasteiger partial charge in [0.05, 0.1) is 0 Å². The average Bonchev–Trinajstić information content (AvgIpc) is 2.84. The van der Waals surface area contributed by atoms with E-state index >= 15 is 0 Å². The van der Waals surface area contributed by atoms with Crippen molar-refractivity contribution in [3.05, 3.63) is 29.6 Å². The van der Waals surface area contributed by atoms with Crippen LogP contribution in [0.25, 0.3) is 0 Å². The molecule has 1 aliphatic heterocycles. The lowest BCUT2D eigenvalue weighted by atomic mass is 9.94. The van der Waals surface area contributed by atoms with E-state index in [1.807, 2.05) is 6.07 Å². The monoisotopic (exact) mass is 277 g/mol. The molecule has 0 spiro atoms. The van der Waals surface area contributed by atoms with Gasteiger partial charge >= 0.3 is 0 Å². The first-order valence-corrected chi connectivity index (χ1v) is 8.34. The molecule has 0 aliphatic carbocycles. The summed E-state index contributed by atoms with van der Waals surface area (Å²) in [7, 11) is 0. The SMILES string of the molecule is CCCCCCCCCCC1CNc2ccc(F)cc21. The van der Waals surface area contributed by atoms with Gasteiger partial charge in [-0.25, -0.2) is 4.39 Å². The van der Waals surface area contributed by atoms with Gasteiger partial charge in [-0.3, -0.25) is 0 Å². The van der Waals surface area contributed by atoms with Crippen molar-refractivity contribution in [3.63, 3.8) is 0 Å². The summed E-state index contributed by atoms with van der Waals surface area (Å²) in [5.41, 5.74) is 2.32. The van der Waals surface area contributed by atoms with Gasteiger partial charge < -0.3 is 5.32 Å². The van der Waals surface area contributed by atoms with E-state index in [9.17, 15) is 4.39 Å². The van der Waals surface area contributed by atoms with Crippen molar-refractivity contribution in [1.29, 1.82) is 0 Å². The summed E-state index contributed by atoms with van der Waals surface area (Å²) in [4.78, 5) is 0. The second-order valence-electron chi connectivity index (χ2n) is 6.07. The lowest BCUT2D eigenvalue weighted by molar-refractivity contribution is 0.541. The van der Waals surface area contributed by atoms with Gasteiger partial charge in [0.25, 0.3) is 0 Å². The number of benzene rings is 1. The summed E-state index contributed by atoms with van der Waals surface area (Å²) < 4.78 is 13.3. The standard InChI is InChI=1S/C18H28FN/c1-2-3-4-5-6-7-8-9-10-15-14-20-18-12-11-16(19)13-17(15)18/h11-13,15,20H,2-10,14H2,1H3. The van der Waals surface area contributed by atoms with Crippen molar-refractivity contribution >= 4 is 5.69 Å². The molecule has 2 heteroatoms. The van der Waals surface area contributed by atoms with Crippen LogP contribution in [-0.2, 0) is 0 Å². The summed E-state index contributed by atoms with van der Waals surface area (Å²) in [6, 6.07) is 5.13. The van der Waals surface area contributed by atoms with Gasteiger partial charge in [0.2, 0.25) is 0 Å². The Labute approximate surface area is 123 Å². The predicted octanol–water partition coefficient (Wildman–Crippen LogP) is 5.87. The lowest BCUT2D eigenvalue weighted by Crippen LogP contribution is -2.01. The molecule has 1 nitrogen and oxygen atoms in total. The Hall–Kier alpha value is -1.05. The predicted molar refractivity (Wildman–Crippen MR) is 84.9 cm³/mol. The normalized spacial score (nSPS) is 17.0.